The lowest BCUT2D eigenvalue weighted by Crippen LogP contribution is -2.17. The van der Waals surface area contributed by atoms with Crippen molar-refractivity contribution in [3.63, 3.8) is 0 Å². The Hall–Kier alpha value is -1.72. The van der Waals surface area contributed by atoms with E-state index >= 15 is 0 Å². The molecule has 1 unspecified atom stereocenters. The largest absolute Gasteiger partial charge is 0.442 e. The van der Waals surface area contributed by atoms with Gasteiger partial charge >= 0.3 is 12.3 Å². The number of hydrogen-bond acceptors (Lipinski definition) is 2. The van der Waals surface area contributed by atoms with Crippen molar-refractivity contribution in [3.8, 4) is 0 Å². The van der Waals surface area contributed by atoms with E-state index in [-0.39, 0.29) is 0 Å². The average molecular weight is 247 g/mol. The quantitative estimate of drug-likeness (QED) is 0.891. The van der Waals surface area contributed by atoms with Crippen molar-refractivity contribution in [2.75, 3.05) is 0 Å². The van der Waals surface area contributed by atoms with Crippen molar-refractivity contribution in [1.82, 2.24) is 0 Å². The molecule has 0 aliphatic heterocycles. The van der Waals surface area contributed by atoms with E-state index in [2.05, 4.69) is 0 Å². The lowest BCUT2D eigenvalue weighted by atomic mass is 10.0. The van der Waals surface area contributed by atoms with Gasteiger partial charge in [0.15, 0.2) is 0 Å². The summed E-state index contributed by atoms with van der Waals surface area (Å²) in [6.07, 6.45) is -5.49. The highest BCUT2D eigenvalue weighted by molar-refractivity contribution is 5.65. The zero-order valence-electron chi connectivity index (χ0n) is 9.12. The topological polar surface area (TPSA) is 52.3 Å². The van der Waals surface area contributed by atoms with E-state index in [1.165, 1.54) is 12.1 Å². The van der Waals surface area contributed by atoms with Gasteiger partial charge in [0.1, 0.15) is 6.10 Å². The summed E-state index contributed by atoms with van der Waals surface area (Å²) in [6.45, 7) is 1.74. The number of ether oxygens (including phenoxy) is 1. The molecule has 0 aromatic heterocycles. The van der Waals surface area contributed by atoms with Crippen LogP contribution in [0.5, 0.6) is 0 Å². The average Bonchev–Trinajstić information content (AvgIpc) is 2.24. The fourth-order valence-corrected chi connectivity index (χ4v) is 1.41. The van der Waals surface area contributed by atoms with E-state index in [9.17, 15) is 18.0 Å². The number of carbonyl (C=O) groups is 1. The molecule has 1 aromatic rings. The third-order valence-electron chi connectivity index (χ3n) is 2.24. The van der Waals surface area contributed by atoms with Gasteiger partial charge in [-0.05, 0) is 24.1 Å². The molecule has 0 saturated carbocycles. The Labute approximate surface area is 96.4 Å². The molecule has 0 aliphatic rings. The molecule has 94 valence electrons. The first-order valence-corrected chi connectivity index (χ1v) is 4.97. The van der Waals surface area contributed by atoms with Crippen LogP contribution in [0.15, 0.2) is 24.3 Å². The summed E-state index contributed by atoms with van der Waals surface area (Å²) in [5.41, 5.74) is 4.61. The van der Waals surface area contributed by atoms with Crippen molar-refractivity contribution in [2.45, 2.75) is 25.6 Å². The fourth-order valence-electron chi connectivity index (χ4n) is 1.41. The summed E-state index contributed by atoms with van der Waals surface area (Å²) in [7, 11) is 0. The Morgan fingerprint density at radius 2 is 1.88 bits per heavy atom. The van der Waals surface area contributed by atoms with Crippen LogP contribution in [0, 0.1) is 0 Å². The van der Waals surface area contributed by atoms with Crippen molar-refractivity contribution in [1.29, 1.82) is 0 Å². The van der Waals surface area contributed by atoms with Crippen molar-refractivity contribution >= 4 is 6.09 Å². The van der Waals surface area contributed by atoms with Gasteiger partial charge in [0.2, 0.25) is 0 Å². The fraction of sp³-hybridized carbons (Fsp3) is 0.364. The van der Waals surface area contributed by atoms with Gasteiger partial charge in [-0.3, -0.25) is 0 Å². The second-order valence-electron chi connectivity index (χ2n) is 3.45. The normalized spacial score (nSPS) is 13.2. The van der Waals surface area contributed by atoms with Crippen LogP contribution < -0.4 is 5.73 Å². The molecule has 1 atom stereocenters. The van der Waals surface area contributed by atoms with Crippen LogP contribution in [-0.2, 0) is 10.9 Å². The number of rotatable bonds is 3. The minimum atomic E-state index is -4.37. The molecule has 0 bridgehead atoms. The molecule has 3 nitrogen and oxygen atoms in total. The number of nitrogens with two attached hydrogens (primary N) is 1. The van der Waals surface area contributed by atoms with E-state index < -0.39 is 23.9 Å². The first kappa shape index (κ1) is 13.3. The molecule has 1 rings (SSSR count). The van der Waals surface area contributed by atoms with Gasteiger partial charge in [0.25, 0.3) is 0 Å². The molecular formula is C11H12F3NO2. The number of hydrogen-bond donors (Lipinski definition) is 1. The molecule has 2 N–H and O–H groups in total. The molecule has 0 fully saturated rings. The van der Waals surface area contributed by atoms with Crippen LogP contribution in [0.2, 0.25) is 0 Å². The van der Waals surface area contributed by atoms with Gasteiger partial charge < -0.3 is 10.5 Å². The maximum Gasteiger partial charge on any atom is 0.416 e. The zero-order valence-corrected chi connectivity index (χ0v) is 9.12. The Morgan fingerprint density at radius 3 is 2.24 bits per heavy atom. The van der Waals surface area contributed by atoms with Gasteiger partial charge in [-0.15, -0.1) is 0 Å². The van der Waals surface area contributed by atoms with E-state index in [1.54, 1.807) is 6.92 Å². The van der Waals surface area contributed by atoms with Crippen LogP contribution >= 0.6 is 0 Å². The number of carbonyl (C=O) groups excluding carboxylic acids is 1. The van der Waals surface area contributed by atoms with E-state index in [1.807, 2.05) is 0 Å². The molecule has 0 saturated heterocycles. The van der Waals surface area contributed by atoms with Gasteiger partial charge in [-0.1, -0.05) is 19.1 Å². The maximum absolute atomic E-state index is 12.3. The molecule has 1 aromatic carbocycles. The predicted octanol–water partition coefficient (Wildman–Crippen LogP) is 3.25. The first-order valence-electron chi connectivity index (χ1n) is 4.97. The van der Waals surface area contributed by atoms with Crippen molar-refractivity contribution in [2.24, 2.45) is 5.73 Å². The SMILES string of the molecule is CCC(OC(N)=O)c1ccc(C(F)(F)F)cc1. The monoisotopic (exact) mass is 247 g/mol. The third kappa shape index (κ3) is 3.65. The van der Waals surface area contributed by atoms with Gasteiger partial charge in [0.05, 0.1) is 5.56 Å². The summed E-state index contributed by atoms with van der Waals surface area (Å²) in [4.78, 5) is 10.6. The molecule has 0 aliphatic carbocycles. The smallest absolute Gasteiger partial charge is 0.416 e. The van der Waals surface area contributed by atoms with Crippen molar-refractivity contribution < 1.29 is 22.7 Å². The van der Waals surface area contributed by atoms with E-state index in [0.29, 0.717) is 12.0 Å². The molecule has 0 heterocycles. The second-order valence-corrected chi connectivity index (χ2v) is 3.45. The first-order chi connectivity index (χ1) is 7.84. The highest BCUT2D eigenvalue weighted by atomic mass is 19.4. The van der Waals surface area contributed by atoms with E-state index in [4.69, 9.17) is 10.5 Å². The highest BCUT2D eigenvalue weighted by Gasteiger charge is 2.30. The van der Waals surface area contributed by atoms with Crippen LogP contribution in [-0.4, -0.2) is 6.09 Å². The molecule has 0 spiro atoms. The predicted molar refractivity (Wildman–Crippen MR) is 55.1 cm³/mol. The number of alkyl halides is 3. The zero-order chi connectivity index (χ0) is 13.1. The van der Waals surface area contributed by atoms with Crippen LogP contribution in [0.3, 0.4) is 0 Å². The number of amides is 1. The molecule has 1 amide bonds. The lowest BCUT2D eigenvalue weighted by Gasteiger charge is -2.15. The van der Waals surface area contributed by atoms with Crippen LogP contribution in [0.4, 0.5) is 18.0 Å². The number of benzene rings is 1. The summed E-state index contributed by atoms with van der Waals surface area (Å²) in [5.74, 6) is 0. The standard InChI is InChI=1S/C11H12F3NO2/c1-2-9(17-10(15)16)7-3-5-8(6-4-7)11(12,13)14/h3-6,9H,2H2,1H3,(H2,15,16). The minimum Gasteiger partial charge on any atom is -0.442 e. The number of primary amides is 1. The van der Waals surface area contributed by atoms with Crippen molar-refractivity contribution in [3.05, 3.63) is 35.4 Å². The van der Waals surface area contributed by atoms with Gasteiger partial charge in [-0.2, -0.15) is 13.2 Å². The Kier molecular flexibility index (Phi) is 3.98. The Balaban J connectivity index is 2.89. The van der Waals surface area contributed by atoms with Crippen LogP contribution in [0.1, 0.15) is 30.6 Å². The van der Waals surface area contributed by atoms with Crippen LogP contribution in [0.25, 0.3) is 0 Å². The highest BCUT2D eigenvalue weighted by Crippen LogP contribution is 2.30. The second kappa shape index (κ2) is 5.07. The summed E-state index contributed by atoms with van der Waals surface area (Å²) in [5, 5.41) is 0. The lowest BCUT2D eigenvalue weighted by molar-refractivity contribution is -0.137. The number of halogens is 3. The summed E-state index contributed by atoms with van der Waals surface area (Å²) < 4.78 is 41.7. The molecule has 6 heteroatoms. The Morgan fingerprint density at radius 1 is 1.35 bits per heavy atom. The van der Waals surface area contributed by atoms with Gasteiger partial charge in [0, 0.05) is 0 Å². The van der Waals surface area contributed by atoms with E-state index in [0.717, 1.165) is 12.1 Å². The van der Waals surface area contributed by atoms with Gasteiger partial charge in [-0.25, -0.2) is 4.79 Å². The third-order valence-corrected chi connectivity index (χ3v) is 2.24. The summed E-state index contributed by atoms with van der Waals surface area (Å²) >= 11 is 0. The summed E-state index contributed by atoms with van der Waals surface area (Å²) in [6, 6.07) is 4.45. The maximum atomic E-state index is 12.3. The minimum absolute atomic E-state index is 0.439. The molecule has 0 radical (unpaired) electrons. The molecule has 17 heavy (non-hydrogen) atoms. The Bertz CT molecular complexity index is 387. The molecular weight excluding hydrogens is 235 g/mol.